The summed E-state index contributed by atoms with van der Waals surface area (Å²) in [5.74, 6) is 0.883. The van der Waals surface area contributed by atoms with Gasteiger partial charge in [-0.15, -0.1) is 21.5 Å². The summed E-state index contributed by atoms with van der Waals surface area (Å²) in [6.07, 6.45) is 3.77. The highest BCUT2D eigenvalue weighted by molar-refractivity contribution is 7.99. The first kappa shape index (κ1) is 20.8. The number of aromatic nitrogens is 4. The van der Waals surface area contributed by atoms with Crippen LogP contribution in [0.25, 0.3) is 11.4 Å². The lowest BCUT2D eigenvalue weighted by Gasteiger charge is -2.13. The molecule has 0 aromatic carbocycles. The third-order valence-corrected chi connectivity index (χ3v) is 6.20. The van der Waals surface area contributed by atoms with Gasteiger partial charge in [0, 0.05) is 28.1 Å². The smallest absolute Gasteiger partial charge is 0.234 e. The molecule has 3 aromatic rings. The van der Waals surface area contributed by atoms with Crippen LogP contribution in [0.4, 0.5) is 5.69 Å². The van der Waals surface area contributed by atoms with Gasteiger partial charge in [-0.3, -0.25) is 9.36 Å². The molecule has 6 nitrogen and oxygen atoms in total. The van der Waals surface area contributed by atoms with Crippen molar-refractivity contribution in [3.05, 3.63) is 39.8 Å². The van der Waals surface area contributed by atoms with Gasteiger partial charge in [0.05, 0.1) is 11.4 Å². The minimum Gasteiger partial charge on any atom is -0.323 e. The molecule has 0 aliphatic heterocycles. The van der Waals surface area contributed by atoms with Crippen LogP contribution in [0.2, 0.25) is 5.15 Å². The van der Waals surface area contributed by atoms with Gasteiger partial charge >= 0.3 is 0 Å². The Balaban J connectivity index is 1.72. The van der Waals surface area contributed by atoms with Gasteiger partial charge in [-0.2, -0.15) is 0 Å². The lowest BCUT2D eigenvalue weighted by atomic mass is 10.2. The van der Waals surface area contributed by atoms with Gasteiger partial charge in [-0.1, -0.05) is 36.7 Å². The average Bonchev–Trinajstić information content (AvgIpc) is 3.29. The number of aryl methyl sites for hydroxylation is 1. The van der Waals surface area contributed by atoms with Crippen LogP contribution in [0.1, 0.15) is 38.1 Å². The molecule has 0 aliphatic carbocycles. The number of rotatable bonds is 8. The van der Waals surface area contributed by atoms with E-state index in [1.807, 2.05) is 0 Å². The van der Waals surface area contributed by atoms with Gasteiger partial charge in [0.2, 0.25) is 5.91 Å². The fourth-order valence-electron chi connectivity index (χ4n) is 2.71. The van der Waals surface area contributed by atoms with Gasteiger partial charge in [-0.25, -0.2) is 4.98 Å². The standard InChI is InChI=1S/C19H22ClN5OS2/c1-4-6-14-9-13(10-27-14)18-23-24-19(25(18)12(2)3)28-11-16(26)22-15-7-5-8-21-17(15)20/h5,7-10,12H,4,6,11H2,1-3H3,(H,22,26). The predicted octanol–water partition coefficient (Wildman–Crippen LogP) is 5.32. The molecule has 1 N–H and O–H groups in total. The second-order valence-corrected chi connectivity index (χ2v) is 8.80. The number of halogens is 1. The SMILES string of the molecule is CCCc1cc(-c2nnc(SCC(=O)Nc3cccnc3Cl)n2C(C)C)cs1. The molecule has 1 amide bonds. The number of thioether (sulfide) groups is 1. The van der Waals surface area contributed by atoms with E-state index in [2.05, 4.69) is 57.3 Å². The molecule has 3 heterocycles. The summed E-state index contributed by atoms with van der Waals surface area (Å²) in [6.45, 7) is 6.35. The molecule has 0 aliphatic rings. The summed E-state index contributed by atoms with van der Waals surface area (Å²) in [5.41, 5.74) is 1.58. The molecular weight excluding hydrogens is 414 g/mol. The zero-order valence-electron chi connectivity index (χ0n) is 16.0. The Hall–Kier alpha value is -1.90. The molecule has 3 aromatic heterocycles. The monoisotopic (exact) mass is 435 g/mol. The Kier molecular flexibility index (Phi) is 7.09. The first-order chi connectivity index (χ1) is 13.5. The third-order valence-electron chi connectivity index (χ3n) is 3.95. The summed E-state index contributed by atoms with van der Waals surface area (Å²) in [7, 11) is 0. The maximum atomic E-state index is 12.3. The van der Waals surface area contributed by atoms with Crippen LogP contribution in [-0.2, 0) is 11.2 Å². The maximum Gasteiger partial charge on any atom is 0.234 e. The molecule has 0 radical (unpaired) electrons. The lowest BCUT2D eigenvalue weighted by molar-refractivity contribution is -0.113. The van der Waals surface area contributed by atoms with Crippen molar-refractivity contribution < 1.29 is 4.79 Å². The van der Waals surface area contributed by atoms with Gasteiger partial charge in [0.25, 0.3) is 0 Å². The van der Waals surface area contributed by atoms with E-state index in [1.54, 1.807) is 29.7 Å². The number of hydrogen-bond acceptors (Lipinski definition) is 6. The zero-order chi connectivity index (χ0) is 20.1. The van der Waals surface area contributed by atoms with E-state index in [4.69, 9.17) is 11.6 Å². The summed E-state index contributed by atoms with van der Waals surface area (Å²) in [6, 6.07) is 5.81. The number of nitrogens with one attached hydrogen (secondary N) is 1. The third kappa shape index (κ3) is 4.92. The highest BCUT2D eigenvalue weighted by Gasteiger charge is 2.19. The van der Waals surface area contributed by atoms with Crippen LogP contribution in [-0.4, -0.2) is 31.4 Å². The molecule has 0 unspecified atom stereocenters. The first-order valence-electron chi connectivity index (χ1n) is 9.05. The summed E-state index contributed by atoms with van der Waals surface area (Å²) >= 11 is 9.10. The number of carbonyl (C=O) groups is 1. The van der Waals surface area contributed by atoms with E-state index < -0.39 is 0 Å². The molecule has 148 valence electrons. The van der Waals surface area contributed by atoms with Crippen molar-refractivity contribution in [1.29, 1.82) is 0 Å². The van der Waals surface area contributed by atoms with E-state index >= 15 is 0 Å². The van der Waals surface area contributed by atoms with Crippen molar-refractivity contribution in [3.63, 3.8) is 0 Å². The highest BCUT2D eigenvalue weighted by Crippen LogP contribution is 2.31. The van der Waals surface area contributed by atoms with Gasteiger partial charge in [0.1, 0.15) is 0 Å². The number of hydrogen-bond donors (Lipinski definition) is 1. The Morgan fingerprint density at radius 1 is 1.39 bits per heavy atom. The van der Waals surface area contributed by atoms with Crippen molar-refractivity contribution >= 4 is 46.3 Å². The Labute approximate surface area is 177 Å². The van der Waals surface area contributed by atoms with E-state index in [1.165, 1.54) is 16.6 Å². The van der Waals surface area contributed by atoms with E-state index in [0.717, 1.165) is 29.4 Å². The van der Waals surface area contributed by atoms with Crippen LogP contribution < -0.4 is 5.32 Å². The van der Waals surface area contributed by atoms with Crippen molar-refractivity contribution in [2.45, 2.75) is 44.8 Å². The molecule has 0 spiro atoms. The fourth-order valence-corrected chi connectivity index (χ4v) is 4.71. The summed E-state index contributed by atoms with van der Waals surface area (Å²) < 4.78 is 2.08. The Bertz CT molecular complexity index is 953. The number of pyridine rings is 1. The van der Waals surface area contributed by atoms with E-state index in [0.29, 0.717) is 5.69 Å². The minimum atomic E-state index is -0.166. The molecule has 0 bridgehead atoms. The quantitative estimate of drug-likeness (QED) is 0.383. The number of anilines is 1. The molecule has 0 saturated heterocycles. The average molecular weight is 436 g/mol. The molecule has 3 rings (SSSR count). The summed E-state index contributed by atoms with van der Waals surface area (Å²) in [5, 5.41) is 14.6. The molecule has 0 fully saturated rings. The van der Waals surface area contributed by atoms with Crippen molar-refractivity contribution in [3.8, 4) is 11.4 Å². The topological polar surface area (TPSA) is 72.7 Å². The first-order valence-corrected chi connectivity index (χ1v) is 11.3. The predicted molar refractivity (Wildman–Crippen MR) is 116 cm³/mol. The number of carbonyl (C=O) groups excluding carboxylic acids is 1. The molecule has 9 heteroatoms. The van der Waals surface area contributed by atoms with Gasteiger partial charge in [-0.05, 0) is 38.5 Å². The second-order valence-electron chi connectivity index (χ2n) is 6.50. The van der Waals surface area contributed by atoms with Crippen LogP contribution in [0.5, 0.6) is 0 Å². The largest absolute Gasteiger partial charge is 0.323 e. The fraction of sp³-hybridized carbons (Fsp3) is 0.368. The van der Waals surface area contributed by atoms with Crippen LogP contribution in [0.3, 0.4) is 0 Å². The second kappa shape index (κ2) is 9.54. The number of thiophene rings is 1. The van der Waals surface area contributed by atoms with E-state index in [9.17, 15) is 4.79 Å². The molecule has 0 atom stereocenters. The molecular formula is C19H22ClN5OS2. The van der Waals surface area contributed by atoms with E-state index in [-0.39, 0.29) is 22.9 Å². The number of nitrogens with zero attached hydrogens (tertiary/aromatic N) is 4. The van der Waals surface area contributed by atoms with Gasteiger partial charge < -0.3 is 5.32 Å². The number of amides is 1. The molecule has 28 heavy (non-hydrogen) atoms. The minimum absolute atomic E-state index is 0.166. The Morgan fingerprint density at radius 3 is 2.93 bits per heavy atom. The van der Waals surface area contributed by atoms with Gasteiger partial charge in [0.15, 0.2) is 16.1 Å². The Morgan fingerprint density at radius 2 is 2.21 bits per heavy atom. The maximum absolute atomic E-state index is 12.3. The van der Waals surface area contributed by atoms with Crippen LogP contribution >= 0.6 is 34.7 Å². The highest BCUT2D eigenvalue weighted by atomic mass is 35.5. The van der Waals surface area contributed by atoms with Crippen LogP contribution in [0, 0.1) is 0 Å². The lowest BCUT2D eigenvalue weighted by Crippen LogP contribution is -2.15. The van der Waals surface area contributed by atoms with Crippen molar-refractivity contribution in [2.24, 2.45) is 0 Å². The molecule has 0 saturated carbocycles. The van der Waals surface area contributed by atoms with Crippen molar-refractivity contribution in [2.75, 3.05) is 11.1 Å². The van der Waals surface area contributed by atoms with Crippen molar-refractivity contribution in [1.82, 2.24) is 19.7 Å². The summed E-state index contributed by atoms with van der Waals surface area (Å²) in [4.78, 5) is 17.6. The zero-order valence-corrected chi connectivity index (χ0v) is 18.4. The normalized spacial score (nSPS) is 11.2. The van der Waals surface area contributed by atoms with Crippen LogP contribution in [0.15, 0.2) is 34.9 Å².